The van der Waals surface area contributed by atoms with Crippen molar-refractivity contribution < 1.29 is 14.3 Å². The molecule has 1 aliphatic rings. The first-order valence-electron chi connectivity index (χ1n) is 8.76. The largest absolute Gasteiger partial charge is 0.482 e. The Hall–Kier alpha value is -3.93. The molecule has 2 amide bonds. The summed E-state index contributed by atoms with van der Waals surface area (Å²) in [4.78, 5) is 24.1. The van der Waals surface area contributed by atoms with Gasteiger partial charge in [-0.1, -0.05) is 60.7 Å². The van der Waals surface area contributed by atoms with Crippen LogP contribution in [0.1, 0.15) is 21.5 Å². The van der Waals surface area contributed by atoms with Crippen molar-refractivity contribution in [2.45, 2.75) is 0 Å². The summed E-state index contributed by atoms with van der Waals surface area (Å²) in [5.74, 6) is -0.0978. The van der Waals surface area contributed by atoms with Crippen molar-refractivity contribution >= 4 is 23.2 Å². The fraction of sp³-hybridized carbons (Fsp3) is 0.0455. The van der Waals surface area contributed by atoms with E-state index in [1.165, 1.54) is 0 Å². The number of rotatable bonds is 4. The minimum Gasteiger partial charge on any atom is -0.482 e. The third kappa shape index (κ3) is 3.76. The van der Waals surface area contributed by atoms with Crippen LogP contribution in [0.2, 0.25) is 0 Å². The highest BCUT2D eigenvalue weighted by molar-refractivity contribution is 6.13. The third-order valence-electron chi connectivity index (χ3n) is 4.24. The fourth-order valence-electron chi connectivity index (χ4n) is 2.88. The van der Waals surface area contributed by atoms with Gasteiger partial charge in [0, 0.05) is 16.7 Å². The lowest BCUT2D eigenvalue weighted by Gasteiger charge is -2.18. The number of amides is 2. The van der Waals surface area contributed by atoms with Gasteiger partial charge in [-0.3, -0.25) is 9.59 Å². The maximum absolute atomic E-state index is 12.6. The van der Waals surface area contributed by atoms with Crippen molar-refractivity contribution in [1.82, 2.24) is 5.43 Å². The van der Waals surface area contributed by atoms with E-state index in [0.29, 0.717) is 22.7 Å². The number of anilines is 1. The lowest BCUT2D eigenvalue weighted by Crippen LogP contribution is -2.26. The number of nitrogens with one attached hydrogen (secondary N) is 2. The van der Waals surface area contributed by atoms with Crippen LogP contribution < -0.4 is 15.5 Å². The number of ether oxygens (including phenoxy) is 1. The molecule has 28 heavy (non-hydrogen) atoms. The summed E-state index contributed by atoms with van der Waals surface area (Å²) in [5.41, 5.74) is 5.88. The molecule has 2 N–H and O–H groups in total. The Bertz CT molecular complexity index is 1010. The van der Waals surface area contributed by atoms with Gasteiger partial charge >= 0.3 is 0 Å². The van der Waals surface area contributed by atoms with Crippen LogP contribution in [0.4, 0.5) is 5.69 Å². The Kier molecular flexibility index (Phi) is 4.84. The zero-order valence-corrected chi connectivity index (χ0v) is 14.9. The van der Waals surface area contributed by atoms with E-state index in [2.05, 4.69) is 15.8 Å². The van der Waals surface area contributed by atoms with Crippen molar-refractivity contribution in [2.24, 2.45) is 5.10 Å². The Morgan fingerprint density at radius 2 is 1.54 bits per heavy atom. The van der Waals surface area contributed by atoms with Crippen molar-refractivity contribution in [1.29, 1.82) is 0 Å². The van der Waals surface area contributed by atoms with Crippen LogP contribution in [0.3, 0.4) is 0 Å². The van der Waals surface area contributed by atoms with Gasteiger partial charge in [-0.05, 0) is 18.2 Å². The van der Waals surface area contributed by atoms with E-state index in [9.17, 15) is 9.59 Å². The van der Waals surface area contributed by atoms with Crippen LogP contribution >= 0.6 is 0 Å². The second kappa shape index (κ2) is 7.75. The van der Waals surface area contributed by atoms with Gasteiger partial charge in [0.05, 0.1) is 11.4 Å². The van der Waals surface area contributed by atoms with Crippen LogP contribution in [0.15, 0.2) is 84.0 Å². The molecule has 0 saturated carbocycles. The van der Waals surface area contributed by atoms with Gasteiger partial charge in [-0.15, -0.1) is 0 Å². The molecule has 3 aromatic rings. The summed E-state index contributed by atoms with van der Waals surface area (Å²) < 4.78 is 5.31. The minimum absolute atomic E-state index is 0.0274. The first-order chi connectivity index (χ1) is 13.7. The van der Waals surface area contributed by atoms with Crippen LogP contribution in [0.25, 0.3) is 0 Å². The lowest BCUT2D eigenvalue weighted by molar-refractivity contribution is -0.118. The zero-order chi connectivity index (χ0) is 19.3. The van der Waals surface area contributed by atoms with Crippen LogP contribution in [0, 0.1) is 0 Å². The van der Waals surface area contributed by atoms with Crippen LogP contribution in [0.5, 0.6) is 5.75 Å². The molecule has 1 aliphatic heterocycles. The molecule has 0 atom stereocenters. The number of fused-ring (bicyclic) bond motifs is 1. The summed E-state index contributed by atoms with van der Waals surface area (Å²) in [6, 6.07) is 24.1. The van der Waals surface area contributed by atoms with Crippen molar-refractivity contribution in [3.05, 3.63) is 95.6 Å². The topological polar surface area (TPSA) is 79.8 Å². The third-order valence-corrected chi connectivity index (χ3v) is 4.24. The van der Waals surface area contributed by atoms with Gasteiger partial charge in [-0.2, -0.15) is 5.10 Å². The predicted molar refractivity (Wildman–Crippen MR) is 107 cm³/mol. The van der Waals surface area contributed by atoms with Crippen molar-refractivity contribution in [2.75, 3.05) is 11.9 Å². The molecule has 0 aromatic heterocycles. The normalized spacial score (nSPS) is 12.2. The summed E-state index contributed by atoms with van der Waals surface area (Å²) in [6.45, 7) is -0.0274. The number of hydrogen-bond acceptors (Lipinski definition) is 4. The number of hydrazone groups is 1. The average molecular weight is 371 g/mol. The van der Waals surface area contributed by atoms with Crippen molar-refractivity contribution in [3.8, 4) is 5.75 Å². The van der Waals surface area contributed by atoms with E-state index in [0.717, 1.165) is 11.1 Å². The van der Waals surface area contributed by atoms with Gasteiger partial charge in [0.15, 0.2) is 6.61 Å². The first kappa shape index (κ1) is 17.5. The standard InChI is InChI=1S/C22H17N3O3/c26-20-14-28-19-12-11-17(13-18(19)23-20)22(27)25-24-21(15-7-3-1-4-8-15)16-9-5-2-6-10-16/h1-13H,14H2,(H,23,26)(H,25,27). The Morgan fingerprint density at radius 3 is 2.18 bits per heavy atom. The predicted octanol–water partition coefficient (Wildman–Crippen LogP) is 3.20. The van der Waals surface area contributed by atoms with Gasteiger partial charge in [-0.25, -0.2) is 5.43 Å². The molecule has 138 valence electrons. The smallest absolute Gasteiger partial charge is 0.271 e. The van der Waals surface area contributed by atoms with E-state index >= 15 is 0 Å². The van der Waals surface area contributed by atoms with Gasteiger partial charge in [0.25, 0.3) is 11.8 Å². The van der Waals surface area contributed by atoms with E-state index in [4.69, 9.17) is 4.74 Å². The highest BCUT2D eigenvalue weighted by Crippen LogP contribution is 2.28. The van der Waals surface area contributed by atoms with E-state index in [-0.39, 0.29) is 18.4 Å². The molecular weight excluding hydrogens is 354 g/mol. The molecule has 6 nitrogen and oxygen atoms in total. The molecule has 1 heterocycles. The highest BCUT2D eigenvalue weighted by Gasteiger charge is 2.18. The molecule has 0 fully saturated rings. The number of carbonyl (C=O) groups excluding carboxylic acids is 2. The number of hydrogen-bond donors (Lipinski definition) is 2. The highest BCUT2D eigenvalue weighted by atomic mass is 16.5. The van der Waals surface area contributed by atoms with Crippen molar-refractivity contribution in [3.63, 3.8) is 0 Å². The fourth-order valence-corrected chi connectivity index (χ4v) is 2.88. The summed E-state index contributed by atoms with van der Waals surface area (Å²) >= 11 is 0. The number of carbonyl (C=O) groups is 2. The molecule has 0 radical (unpaired) electrons. The Balaban J connectivity index is 1.61. The number of nitrogens with zero attached hydrogens (tertiary/aromatic N) is 1. The maximum Gasteiger partial charge on any atom is 0.271 e. The van der Waals surface area contributed by atoms with Gasteiger partial charge in [0.1, 0.15) is 5.75 Å². The Morgan fingerprint density at radius 1 is 0.893 bits per heavy atom. The second-order valence-corrected chi connectivity index (χ2v) is 6.18. The van der Waals surface area contributed by atoms with E-state index < -0.39 is 0 Å². The maximum atomic E-state index is 12.6. The molecule has 0 aliphatic carbocycles. The first-order valence-corrected chi connectivity index (χ1v) is 8.76. The van der Waals surface area contributed by atoms with Crippen LogP contribution in [-0.2, 0) is 4.79 Å². The minimum atomic E-state index is -0.382. The van der Waals surface area contributed by atoms with Gasteiger partial charge < -0.3 is 10.1 Å². The molecule has 3 aromatic carbocycles. The molecule has 6 heteroatoms. The van der Waals surface area contributed by atoms with Gasteiger partial charge in [0.2, 0.25) is 0 Å². The van der Waals surface area contributed by atoms with E-state index in [1.54, 1.807) is 18.2 Å². The molecule has 0 bridgehead atoms. The summed E-state index contributed by atoms with van der Waals surface area (Å²) in [7, 11) is 0. The SMILES string of the molecule is O=C1COc2ccc(C(=O)NN=C(c3ccccc3)c3ccccc3)cc2N1. The molecule has 4 rings (SSSR count). The van der Waals surface area contributed by atoms with Crippen LogP contribution in [-0.4, -0.2) is 24.1 Å². The quantitative estimate of drug-likeness (QED) is 0.546. The van der Waals surface area contributed by atoms with E-state index in [1.807, 2.05) is 60.7 Å². The number of benzene rings is 3. The average Bonchev–Trinajstić information content (AvgIpc) is 2.74. The lowest BCUT2D eigenvalue weighted by atomic mass is 10.0. The Labute approximate surface area is 161 Å². The summed E-state index contributed by atoms with van der Waals surface area (Å²) in [5, 5.41) is 7.06. The monoisotopic (exact) mass is 371 g/mol. The summed E-state index contributed by atoms with van der Waals surface area (Å²) in [6.07, 6.45) is 0. The molecule has 0 spiro atoms. The molecule has 0 saturated heterocycles. The molecule has 0 unspecified atom stereocenters. The zero-order valence-electron chi connectivity index (χ0n) is 14.9. The molecular formula is C22H17N3O3. The second-order valence-electron chi connectivity index (χ2n) is 6.18.